The summed E-state index contributed by atoms with van der Waals surface area (Å²) in [6.07, 6.45) is 6.64. The molecular formula is C16H21N3O2. The lowest BCUT2D eigenvalue weighted by Gasteiger charge is -2.14. The lowest BCUT2D eigenvalue weighted by molar-refractivity contribution is 0.0951. The summed E-state index contributed by atoms with van der Waals surface area (Å²) in [5, 5.41) is 11.7. The fraction of sp³-hybridized carbons (Fsp3) is 0.500. The molecule has 5 heteroatoms. The average Bonchev–Trinajstić information content (AvgIpc) is 3.03. The molecule has 1 amide bonds. The van der Waals surface area contributed by atoms with Gasteiger partial charge in [-0.25, -0.2) is 0 Å². The summed E-state index contributed by atoms with van der Waals surface area (Å²) in [5.74, 6) is 5.15. The molecule has 0 atom stereocenters. The highest BCUT2D eigenvalue weighted by atomic mass is 16.2. The fourth-order valence-corrected chi connectivity index (χ4v) is 2.43. The zero-order chi connectivity index (χ0) is 14.9. The van der Waals surface area contributed by atoms with Crippen LogP contribution in [0.3, 0.4) is 0 Å². The summed E-state index contributed by atoms with van der Waals surface area (Å²) in [5.41, 5.74) is 1.05. The number of pyridine rings is 1. The Labute approximate surface area is 125 Å². The summed E-state index contributed by atoms with van der Waals surface area (Å²) < 4.78 is 0. The number of likely N-dealkylation sites (tertiary alicyclic amines) is 1. The Bertz CT molecular complexity index is 528. The van der Waals surface area contributed by atoms with Gasteiger partial charge in [0.25, 0.3) is 5.91 Å². The van der Waals surface area contributed by atoms with Crippen molar-refractivity contribution in [2.24, 2.45) is 0 Å². The number of rotatable bonds is 5. The van der Waals surface area contributed by atoms with E-state index in [4.69, 9.17) is 5.11 Å². The van der Waals surface area contributed by atoms with Gasteiger partial charge in [0.1, 0.15) is 6.61 Å². The molecule has 1 fully saturated rings. The van der Waals surface area contributed by atoms with E-state index < -0.39 is 0 Å². The maximum atomic E-state index is 12.1. The summed E-state index contributed by atoms with van der Waals surface area (Å²) in [6, 6.07) is 1.65. The van der Waals surface area contributed by atoms with Gasteiger partial charge in [-0.2, -0.15) is 0 Å². The minimum atomic E-state index is -0.230. The smallest absolute Gasteiger partial charge is 0.252 e. The van der Waals surface area contributed by atoms with E-state index in [2.05, 4.69) is 27.0 Å². The number of aliphatic hydroxyl groups is 1. The van der Waals surface area contributed by atoms with Gasteiger partial charge in [0.2, 0.25) is 0 Å². The van der Waals surface area contributed by atoms with E-state index in [1.165, 1.54) is 25.9 Å². The van der Waals surface area contributed by atoms with Crippen molar-refractivity contribution in [1.82, 2.24) is 15.2 Å². The van der Waals surface area contributed by atoms with Gasteiger partial charge in [-0.05, 0) is 45.0 Å². The highest BCUT2D eigenvalue weighted by Gasteiger charge is 2.12. The second kappa shape index (κ2) is 8.40. The van der Waals surface area contributed by atoms with Crippen LogP contribution in [0.4, 0.5) is 0 Å². The van der Waals surface area contributed by atoms with Crippen molar-refractivity contribution in [3.63, 3.8) is 0 Å². The Morgan fingerprint density at radius 1 is 1.43 bits per heavy atom. The van der Waals surface area contributed by atoms with Crippen LogP contribution in [-0.2, 0) is 0 Å². The van der Waals surface area contributed by atoms with E-state index in [9.17, 15) is 4.79 Å². The summed E-state index contributed by atoms with van der Waals surface area (Å²) in [6.45, 7) is 3.82. The van der Waals surface area contributed by atoms with Crippen LogP contribution >= 0.6 is 0 Å². The van der Waals surface area contributed by atoms with Crippen molar-refractivity contribution < 1.29 is 9.90 Å². The zero-order valence-corrected chi connectivity index (χ0v) is 12.1. The van der Waals surface area contributed by atoms with E-state index in [1.807, 2.05) is 0 Å². The summed E-state index contributed by atoms with van der Waals surface area (Å²) >= 11 is 0. The SMILES string of the molecule is O=C(NCCCN1CCCC1)c1ccncc1C#CCO. The normalized spacial score (nSPS) is 14.5. The predicted octanol–water partition coefficient (Wildman–Crippen LogP) is 0.641. The first-order chi connectivity index (χ1) is 10.3. The lowest BCUT2D eigenvalue weighted by atomic mass is 10.1. The van der Waals surface area contributed by atoms with Crippen molar-refractivity contribution >= 4 is 5.91 Å². The first-order valence-electron chi connectivity index (χ1n) is 7.35. The van der Waals surface area contributed by atoms with E-state index in [-0.39, 0.29) is 12.5 Å². The fourth-order valence-electron chi connectivity index (χ4n) is 2.43. The number of carbonyl (C=O) groups excluding carboxylic acids is 1. The molecule has 0 bridgehead atoms. The molecule has 0 unspecified atom stereocenters. The number of nitrogens with one attached hydrogen (secondary N) is 1. The van der Waals surface area contributed by atoms with Crippen molar-refractivity contribution in [1.29, 1.82) is 0 Å². The first-order valence-corrected chi connectivity index (χ1v) is 7.35. The molecule has 0 aromatic carbocycles. The molecule has 0 radical (unpaired) electrons. The van der Waals surface area contributed by atoms with Gasteiger partial charge < -0.3 is 15.3 Å². The molecule has 0 spiro atoms. The van der Waals surface area contributed by atoms with Gasteiger partial charge >= 0.3 is 0 Å². The van der Waals surface area contributed by atoms with E-state index >= 15 is 0 Å². The third kappa shape index (κ3) is 4.85. The number of amides is 1. The van der Waals surface area contributed by atoms with Crippen LogP contribution in [0, 0.1) is 11.8 Å². The number of carbonyl (C=O) groups is 1. The van der Waals surface area contributed by atoms with Crippen LogP contribution in [0.15, 0.2) is 18.5 Å². The molecule has 0 aliphatic carbocycles. The lowest BCUT2D eigenvalue weighted by Crippen LogP contribution is -2.29. The Morgan fingerprint density at radius 2 is 2.24 bits per heavy atom. The van der Waals surface area contributed by atoms with Crippen LogP contribution in [-0.4, -0.2) is 53.7 Å². The van der Waals surface area contributed by atoms with Gasteiger partial charge in [-0.15, -0.1) is 0 Å². The maximum Gasteiger partial charge on any atom is 0.252 e. The van der Waals surface area contributed by atoms with Gasteiger partial charge in [0.05, 0.1) is 11.1 Å². The molecule has 1 aliphatic heterocycles. The molecule has 21 heavy (non-hydrogen) atoms. The zero-order valence-electron chi connectivity index (χ0n) is 12.1. The van der Waals surface area contributed by atoms with E-state index in [1.54, 1.807) is 18.5 Å². The van der Waals surface area contributed by atoms with Crippen molar-refractivity contribution in [2.75, 3.05) is 32.8 Å². The highest BCUT2D eigenvalue weighted by Crippen LogP contribution is 2.07. The van der Waals surface area contributed by atoms with Crippen molar-refractivity contribution in [3.8, 4) is 11.8 Å². The molecule has 2 N–H and O–H groups in total. The Balaban J connectivity index is 1.82. The van der Waals surface area contributed by atoms with E-state index in [0.717, 1.165) is 13.0 Å². The summed E-state index contributed by atoms with van der Waals surface area (Å²) in [7, 11) is 0. The van der Waals surface area contributed by atoms with Crippen LogP contribution in [0.1, 0.15) is 35.2 Å². The average molecular weight is 287 g/mol. The van der Waals surface area contributed by atoms with Crippen molar-refractivity contribution in [3.05, 3.63) is 29.6 Å². The predicted molar refractivity (Wildman–Crippen MR) is 80.8 cm³/mol. The number of nitrogens with zero attached hydrogens (tertiary/aromatic N) is 2. The second-order valence-corrected chi connectivity index (χ2v) is 5.04. The molecular weight excluding hydrogens is 266 g/mol. The van der Waals surface area contributed by atoms with Crippen LogP contribution in [0.25, 0.3) is 0 Å². The third-order valence-corrected chi connectivity index (χ3v) is 3.50. The molecule has 5 nitrogen and oxygen atoms in total. The largest absolute Gasteiger partial charge is 0.384 e. The minimum absolute atomic E-state index is 0.138. The molecule has 2 heterocycles. The molecule has 2 rings (SSSR count). The number of hydrogen-bond donors (Lipinski definition) is 2. The topological polar surface area (TPSA) is 65.5 Å². The van der Waals surface area contributed by atoms with Gasteiger partial charge in [0.15, 0.2) is 0 Å². The van der Waals surface area contributed by atoms with Crippen LogP contribution in [0.2, 0.25) is 0 Å². The summed E-state index contributed by atoms with van der Waals surface area (Å²) in [4.78, 5) is 18.5. The van der Waals surface area contributed by atoms with Crippen LogP contribution < -0.4 is 5.32 Å². The van der Waals surface area contributed by atoms with Gasteiger partial charge in [-0.1, -0.05) is 11.8 Å². The minimum Gasteiger partial charge on any atom is -0.384 e. The van der Waals surface area contributed by atoms with Crippen molar-refractivity contribution in [2.45, 2.75) is 19.3 Å². The Hall–Kier alpha value is -1.90. The Kier molecular flexibility index (Phi) is 6.20. The van der Waals surface area contributed by atoms with Gasteiger partial charge in [0, 0.05) is 18.9 Å². The molecule has 1 aliphatic rings. The first kappa shape index (κ1) is 15.5. The van der Waals surface area contributed by atoms with E-state index in [0.29, 0.717) is 17.7 Å². The van der Waals surface area contributed by atoms with Gasteiger partial charge in [-0.3, -0.25) is 9.78 Å². The Morgan fingerprint density at radius 3 is 3.00 bits per heavy atom. The molecule has 0 saturated carbocycles. The monoisotopic (exact) mass is 287 g/mol. The number of aliphatic hydroxyl groups excluding tert-OH is 1. The molecule has 112 valence electrons. The third-order valence-electron chi connectivity index (χ3n) is 3.50. The van der Waals surface area contributed by atoms with Crippen LogP contribution in [0.5, 0.6) is 0 Å². The number of aromatic nitrogens is 1. The molecule has 1 saturated heterocycles. The molecule has 1 aromatic rings. The maximum absolute atomic E-state index is 12.1. The number of hydrogen-bond acceptors (Lipinski definition) is 4. The highest BCUT2D eigenvalue weighted by molar-refractivity contribution is 5.96. The second-order valence-electron chi connectivity index (χ2n) is 5.04. The quantitative estimate of drug-likeness (QED) is 0.616. The molecule has 1 aromatic heterocycles. The standard InChI is InChI=1S/C16H21N3O2/c20-12-3-5-14-13-17-8-6-15(14)16(21)18-7-4-11-19-9-1-2-10-19/h6,8,13,20H,1-2,4,7,9-12H2,(H,18,21).